The maximum absolute atomic E-state index is 12.6. The number of hydrogen-bond donors (Lipinski definition) is 2. The number of amides is 4. The second-order valence-corrected chi connectivity index (χ2v) is 6.02. The molecule has 7 nitrogen and oxygen atoms in total. The van der Waals surface area contributed by atoms with Crippen LogP contribution in [0, 0.1) is 5.92 Å². The molecule has 1 saturated carbocycles. The Kier molecular flexibility index (Phi) is 3.56. The quantitative estimate of drug-likeness (QED) is 0.804. The number of nitrogens with one attached hydrogen (secondary N) is 2. The summed E-state index contributed by atoms with van der Waals surface area (Å²) in [6.45, 7) is 2.13. The summed E-state index contributed by atoms with van der Waals surface area (Å²) in [5, 5.41) is 3.55. The molecule has 2 fully saturated rings. The van der Waals surface area contributed by atoms with E-state index in [1.165, 1.54) is 6.20 Å². The lowest BCUT2D eigenvalue weighted by molar-refractivity contribution is -0.134. The van der Waals surface area contributed by atoms with E-state index in [2.05, 4.69) is 22.7 Å². The highest BCUT2D eigenvalue weighted by Gasteiger charge is 2.52. The van der Waals surface area contributed by atoms with Crippen LogP contribution in [0.4, 0.5) is 4.79 Å². The molecule has 1 aromatic heterocycles. The molecule has 2 N–H and O–H groups in total. The molecular weight excluding hydrogens is 284 g/mol. The van der Waals surface area contributed by atoms with E-state index in [0.29, 0.717) is 24.3 Å². The van der Waals surface area contributed by atoms with Gasteiger partial charge in [-0.05, 0) is 43.7 Å². The molecule has 2 heterocycles. The lowest BCUT2D eigenvalue weighted by Gasteiger charge is -2.33. The Labute approximate surface area is 128 Å². The number of pyridine rings is 1. The first-order valence-corrected chi connectivity index (χ1v) is 7.39. The third-order valence-electron chi connectivity index (χ3n) is 4.43. The average molecular weight is 302 g/mol. The molecule has 0 bridgehead atoms. The molecular formula is C15H18N4O3. The minimum Gasteiger partial charge on any atom is -0.322 e. The van der Waals surface area contributed by atoms with E-state index < -0.39 is 17.5 Å². The van der Waals surface area contributed by atoms with E-state index in [4.69, 9.17) is 0 Å². The van der Waals surface area contributed by atoms with Crippen molar-refractivity contribution in [3.05, 3.63) is 30.1 Å². The van der Waals surface area contributed by atoms with Gasteiger partial charge in [-0.2, -0.15) is 5.01 Å². The Morgan fingerprint density at radius 1 is 1.41 bits per heavy atom. The van der Waals surface area contributed by atoms with Crippen molar-refractivity contribution in [2.45, 2.75) is 38.1 Å². The normalized spacial score (nSPS) is 27.9. The lowest BCUT2D eigenvalue weighted by atomic mass is 9.77. The first-order chi connectivity index (χ1) is 10.5. The zero-order valence-electron chi connectivity index (χ0n) is 12.3. The van der Waals surface area contributed by atoms with Crippen molar-refractivity contribution < 1.29 is 14.4 Å². The third kappa shape index (κ3) is 2.43. The number of hydrazine groups is 1. The van der Waals surface area contributed by atoms with Crippen LogP contribution >= 0.6 is 0 Å². The number of nitrogens with zero attached hydrogens (tertiary/aromatic N) is 2. The summed E-state index contributed by atoms with van der Waals surface area (Å²) < 4.78 is 0. The number of aromatic nitrogens is 1. The molecule has 1 aromatic rings. The SMILES string of the molecule is CC1CCC2(CC1)NC(=O)N(NC(=O)c1cccnc1)C2=O. The molecule has 116 valence electrons. The Bertz CT molecular complexity index is 608. The van der Waals surface area contributed by atoms with Gasteiger partial charge in [-0.1, -0.05) is 6.92 Å². The van der Waals surface area contributed by atoms with Gasteiger partial charge in [0.05, 0.1) is 5.56 Å². The average Bonchev–Trinajstić information content (AvgIpc) is 2.76. The molecule has 1 aliphatic carbocycles. The fourth-order valence-corrected chi connectivity index (χ4v) is 2.98. The summed E-state index contributed by atoms with van der Waals surface area (Å²) in [5.41, 5.74) is 1.81. The van der Waals surface area contributed by atoms with Crippen LogP contribution in [0.2, 0.25) is 0 Å². The molecule has 4 amide bonds. The highest BCUT2D eigenvalue weighted by Crippen LogP contribution is 2.35. The standard InChI is InChI=1S/C15H18N4O3/c1-10-4-6-15(7-5-10)13(21)19(14(22)17-15)18-12(20)11-3-2-8-16-9-11/h2-3,8-10H,4-7H2,1H3,(H,17,22)(H,18,20). The molecule has 0 radical (unpaired) electrons. The van der Waals surface area contributed by atoms with E-state index in [1.807, 2.05) is 0 Å². The predicted molar refractivity (Wildman–Crippen MR) is 77.4 cm³/mol. The first-order valence-electron chi connectivity index (χ1n) is 7.39. The van der Waals surface area contributed by atoms with Crippen molar-refractivity contribution in [3.63, 3.8) is 0 Å². The van der Waals surface area contributed by atoms with Crippen molar-refractivity contribution >= 4 is 17.8 Å². The van der Waals surface area contributed by atoms with Crippen molar-refractivity contribution in [1.82, 2.24) is 20.7 Å². The van der Waals surface area contributed by atoms with Crippen LogP contribution in [-0.4, -0.2) is 33.4 Å². The monoisotopic (exact) mass is 302 g/mol. The summed E-state index contributed by atoms with van der Waals surface area (Å²) in [6.07, 6.45) is 5.91. The Hall–Kier alpha value is -2.44. The number of imide groups is 1. The van der Waals surface area contributed by atoms with Crippen molar-refractivity contribution in [2.75, 3.05) is 0 Å². The maximum atomic E-state index is 12.6. The number of carbonyl (C=O) groups is 3. The van der Waals surface area contributed by atoms with E-state index in [1.54, 1.807) is 18.3 Å². The number of hydrogen-bond acceptors (Lipinski definition) is 4. The molecule has 1 spiro atoms. The molecule has 22 heavy (non-hydrogen) atoms. The van der Waals surface area contributed by atoms with Gasteiger partial charge in [0, 0.05) is 12.4 Å². The first kappa shape index (κ1) is 14.5. The predicted octanol–water partition coefficient (Wildman–Crippen LogP) is 1.23. The Balaban J connectivity index is 1.74. The van der Waals surface area contributed by atoms with Crippen molar-refractivity contribution in [3.8, 4) is 0 Å². The van der Waals surface area contributed by atoms with Gasteiger partial charge in [0.25, 0.3) is 11.8 Å². The van der Waals surface area contributed by atoms with Crippen LogP contribution in [0.3, 0.4) is 0 Å². The van der Waals surface area contributed by atoms with Crippen LogP contribution in [-0.2, 0) is 4.79 Å². The largest absolute Gasteiger partial charge is 0.344 e. The van der Waals surface area contributed by atoms with Crippen LogP contribution in [0.25, 0.3) is 0 Å². The molecule has 1 aliphatic heterocycles. The number of urea groups is 1. The number of carbonyl (C=O) groups excluding carboxylic acids is 3. The van der Waals surface area contributed by atoms with Crippen molar-refractivity contribution in [1.29, 1.82) is 0 Å². The third-order valence-corrected chi connectivity index (χ3v) is 4.43. The zero-order valence-corrected chi connectivity index (χ0v) is 12.3. The van der Waals surface area contributed by atoms with Crippen LogP contribution < -0.4 is 10.7 Å². The highest BCUT2D eigenvalue weighted by molar-refractivity contribution is 6.09. The fourth-order valence-electron chi connectivity index (χ4n) is 2.98. The van der Waals surface area contributed by atoms with E-state index in [9.17, 15) is 14.4 Å². The topological polar surface area (TPSA) is 91.4 Å². The van der Waals surface area contributed by atoms with Gasteiger partial charge in [0.2, 0.25) is 0 Å². The van der Waals surface area contributed by atoms with E-state index >= 15 is 0 Å². The molecule has 0 atom stereocenters. The summed E-state index contributed by atoms with van der Waals surface area (Å²) in [5.74, 6) is -0.353. The minimum absolute atomic E-state index is 0.293. The van der Waals surface area contributed by atoms with Crippen LogP contribution in [0.5, 0.6) is 0 Å². The Morgan fingerprint density at radius 3 is 2.77 bits per heavy atom. The van der Waals surface area contributed by atoms with Gasteiger partial charge in [-0.25, -0.2) is 4.79 Å². The second kappa shape index (κ2) is 5.40. The summed E-state index contributed by atoms with van der Waals surface area (Å²) in [7, 11) is 0. The van der Waals surface area contributed by atoms with E-state index in [0.717, 1.165) is 17.9 Å². The molecule has 3 rings (SSSR count). The summed E-state index contributed by atoms with van der Waals surface area (Å²) >= 11 is 0. The second-order valence-electron chi connectivity index (χ2n) is 6.02. The van der Waals surface area contributed by atoms with Gasteiger partial charge in [0.15, 0.2) is 0 Å². The van der Waals surface area contributed by atoms with Gasteiger partial charge >= 0.3 is 6.03 Å². The Morgan fingerprint density at radius 2 is 2.14 bits per heavy atom. The molecule has 1 saturated heterocycles. The van der Waals surface area contributed by atoms with E-state index in [-0.39, 0.29) is 5.91 Å². The van der Waals surface area contributed by atoms with Gasteiger partial charge in [-0.15, -0.1) is 0 Å². The zero-order chi connectivity index (χ0) is 15.7. The molecule has 2 aliphatic rings. The van der Waals surface area contributed by atoms with Crippen molar-refractivity contribution in [2.24, 2.45) is 5.92 Å². The molecule has 0 aromatic carbocycles. The smallest absolute Gasteiger partial charge is 0.322 e. The van der Waals surface area contributed by atoms with Crippen LogP contribution in [0.1, 0.15) is 43.0 Å². The summed E-state index contributed by atoms with van der Waals surface area (Å²) in [4.78, 5) is 40.6. The molecule has 0 unspecified atom stereocenters. The lowest BCUT2D eigenvalue weighted by Crippen LogP contribution is -2.51. The maximum Gasteiger partial charge on any atom is 0.344 e. The van der Waals surface area contributed by atoms with Gasteiger partial charge in [-0.3, -0.25) is 20.0 Å². The van der Waals surface area contributed by atoms with Gasteiger partial charge < -0.3 is 5.32 Å². The highest BCUT2D eigenvalue weighted by atomic mass is 16.2. The number of rotatable bonds is 2. The van der Waals surface area contributed by atoms with Crippen LogP contribution in [0.15, 0.2) is 24.5 Å². The summed E-state index contributed by atoms with van der Waals surface area (Å²) in [6, 6.07) is 2.61. The van der Waals surface area contributed by atoms with Gasteiger partial charge in [0.1, 0.15) is 5.54 Å². The fraction of sp³-hybridized carbons (Fsp3) is 0.467. The molecule has 7 heteroatoms. The minimum atomic E-state index is -0.855.